The molecule has 1 atom stereocenters. The zero-order valence-corrected chi connectivity index (χ0v) is 12.6. The van der Waals surface area contributed by atoms with Crippen LogP contribution in [0.4, 0.5) is 0 Å². The second-order valence-electron chi connectivity index (χ2n) is 4.04. The lowest BCUT2D eigenvalue weighted by Crippen LogP contribution is -2.12. The van der Waals surface area contributed by atoms with Gasteiger partial charge in [-0.1, -0.05) is 12.1 Å². The van der Waals surface area contributed by atoms with Crippen molar-refractivity contribution in [2.45, 2.75) is 19.4 Å². The predicted octanol–water partition coefficient (Wildman–Crippen LogP) is 4.15. The topological polar surface area (TPSA) is 35.2 Å². The number of thiophene rings is 1. The Morgan fingerprint density at radius 1 is 1.33 bits per heavy atom. The molecule has 0 saturated carbocycles. The molecule has 2 nitrogen and oxygen atoms in total. The average Bonchev–Trinajstić information content (AvgIpc) is 2.76. The van der Waals surface area contributed by atoms with Gasteiger partial charge in [-0.15, -0.1) is 11.3 Å². The zero-order valence-electron chi connectivity index (χ0n) is 10.2. The molecule has 1 unspecified atom stereocenters. The molecule has 0 aliphatic rings. The highest BCUT2D eigenvalue weighted by molar-refractivity contribution is 9.10. The summed E-state index contributed by atoms with van der Waals surface area (Å²) < 4.78 is 6.54. The molecule has 18 heavy (non-hydrogen) atoms. The fourth-order valence-electron chi connectivity index (χ4n) is 1.77. The van der Waals surface area contributed by atoms with Crippen LogP contribution in [0, 0.1) is 0 Å². The molecule has 96 valence electrons. The molecule has 1 heterocycles. The largest absolute Gasteiger partial charge is 0.494 e. The molecule has 0 amide bonds. The van der Waals surface area contributed by atoms with E-state index < -0.39 is 0 Å². The van der Waals surface area contributed by atoms with Crippen LogP contribution in [0.5, 0.6) is 5.75 Å². The molecule has 2 rings (SSSR count). The molecular formula is C14H16BrNOS. The SMILES string of the molecule is CCOc1ccc(C(N)Cc2cc(Br)cs2)cc1. The summed E-state index contributed by atoms with van der Waals surface area (Å²) in [7, 11) is 0. The first-order valence-corrected chi connectivity index (χ1v) is 7.57. The highest BCUT2D eigenvalue weighted by Gasteiger charge is 2.08. The molecule has 2 aromatic rings. The van der Waals surface area contributed by atoms with Crippen molar-refractivity contribution >= 4 is 27.3 Å². The third-order valence-electron chi connectivity index (χ3n) is 2.66. The maximum Gasteiger partial charge on any atom is 0.119 e. The Kier molecular flexibility index (Phi) is 4.80. The maximum absolute atomic E-state index is 6.21. The number of rotatable bonds is 5. The van der Waals surface area contributed by atoms with Crippen LogP contribution in [0.1, 0.15) is 23.4 Å². The fraction of sp³-hybridized carbons (Fsp3) is 0.286. The number of halogens is 1. The molecular weight excluding hydrogens is 310 g/mol. The number of ether oxygens (including phenoxy) is 1. The summed E-state index contributed by atoms with van der Waals surface area (Å²) in [5.74, 6) is 0.896. The molecule has 0 spiro atoms. The van der Waals surface area contributed by atoms with E-state index in [4.69, 9.17) is 10.5 Å². The molecule has 0 bridgehead atoms. The average molecular weight is 326 g/mol. The standard InChI is InChI=1S/C14H16BrNOS/c1-2-17-12-5-3-10(4-6-12)14(16)8-13-7-11(15)9-18-13/h3-7,9,14H,2,8,16H2,1H3. The van der Waals surface area contributed by atoms with Crippen molar-refractivity contribution < 1.29 is 4.74 Å². The van der Waals surface area contributed by atoms with Crippen molar-refractivity contribution in [3.8, 4) is 5.75 Å². The lowest BCUT2D eigenvalue weighted by Gasteiger charge is -2.11. The number of hydrogen-bond acceptors (Lipinski definition) is 3. The zero-order chi connectivity index (χ0) is 13.0. The van der Waals surface area contributed by atoms with Crippen molar-refractivity contribution in [2.24, 2.45) is 5.73 Å². The number of nitrogens with two attached hydrogens (primary N) is 1. The van der Waals surface area contributed by atoms with Gasteiger partial charge in [-0.05, 0) is 46.6 Å². The molecule has 0 saturated heterocycles. The Bertz CT molecular complexity index is 495. The van der Waals surface area contributed by atoms with Crippen LogP contribution in [0.2, 0.25) is 0 Å². The first-order chi connectivity index (χ1) is 8.69. The summed E-state index contributed by atoms with van der Waals surface area (Å²) in [6.45, 7) is 2.67. The van der Waals surface area contributed by atoms with Crippen LogP contribution in [-0.4, -0.2) is 6.61 Å². The van der Waals surface area contributed by atoms with Gasteiger partial charge in [0, 0.05) is 27.2 Å². The summed E-state index contributed by atoms with van der Waals surface area (Å²) in [6.07, 6.45) is 0.865. The molecule has 0 aliphatic heterocycles. The van der Waals surface area contributed by atoms with E-state index in [1.54, 1.807) is 11.3 Å². The lowest BCUT2D eigenvalue weighted by atomic mass is 10.0. The van der Waals surface area contributed by atoms with Crippen LogP contribution >= 0.6 is 27.3 Å². The smallest absolute Gasteiger partial charge is 0.119 e. The van der Waals surface area contributed by atoms with Crippen molar-refractivity contribution in [3.05, 3.63) is 50.6 Å². The monoisotopic (exact) mass is 325 g/mol. The molecule has 0 aliphatic carbocycles. The van der Waals surface area contributed by atoms with Crippen molar-refractivity contribution in [3.63, 3.8) is 0 Å². The Morgan fingerprint density at radius 2 is 2.06 bits per heavy atom. The second kappa shape index (κ2) is 6.36. The molecule has 0 fully saturated rings. The summed E-state index contributed by atoms with van der Waals surface area (Å²) in [5, 5.41) is 2.08. The fourth-order valence-corrected chi connectivity index (χ4v) is 3.28. The van der Waals surface area contributed by atoms with E-state index in [1.165, 1.54) is 4.88 Å². The van der Waals surface area contributed by atoms with E-state index >= 15 is 0 Å². The Balaban J connectivity index is 2.02. The quantitative estimate of drug-likeness (QED) is 0.896. The minimum absolute atomic E-state index is 0.0335. The normalized spacial score (nSPS) is 12.4. The Labute approximate surface area is 120 Å². The summed E-state index contributed by atoms with van der Waals surface area (Å²) >= 11 is 5.19. The molecule has 4 heteroatoms. The van der Waals surface area contributed by atoms with Gasteiger partial charge in [0.2, 0.25) is 0 Å². The number of benzene rings is 1. The van der Waals surface area contributed by atoms with Gasteiger partial charge in [0.25, 0.3) is 0 Å². The maximum atomic E-state index is 6.21. The van der Waals surface area contributed by atoms with E-state index in [1.807, 2.05) is 31.2 Å². The first-order valence-electron chi connectivity index (χ1n) is 5.90. The third kappa shape index (κ3) is 3.57. The first kappa shape index (κ1) is 13.6. The Hall–Kier alpha value is -0.840. The summed E-state index contributed by atoms with van der Waals surface area (Å²) in [5.41, 5.74) is 7.35. The summed E-state index contributed by atoms with van der Waals surface area (Å²) in [6, 6.07) is 10.2. The van der Waals surface area contributed by atoms with E-state index in [9.17, 15) is 0 Å². The van der Waals surface area contributed by atoms with Crippen LogP contribution < -0.4 is 10.5 Å². The molecule has 1 aromatic heterocycles. The minimum Gasteiger partial charge on any atom is -0.494 e. The minimum atomic E-state index is 0.0335. The van der Waals surface area contributed by atoms with Gasteiger partial charge < -0.3 is 10.5 Å². The van der Waals surface area contributed by atoms with E-state index in [0.29, 0.717) is 6.61 Å². The van der Waals surface area contributed by atoms with Gasteiger partial charge in [0.15, 0.2) is 0 Å². The van der Waals surface area contributed by atoms with Gasteiger partial charge >= 0.3 is 0 Å². The van der Waals surface area contributed by atoms with Gasteiger partial charge in [-0.2, -0.15) is 0 Å². The predicted molar refractivity (Wildman–Crippen MR) is 80.3 cm³/mol. The molecule has 2 N–H and O–H groups in total. The molecule has 1 aromatic carbocycles. The third-order valence-corrected chi connectivity index (χ3v) is 4.38. The van der Waals surface area contributed by atoms with E-state index in [0.717, 1.165) is 22.2 Å². The van der Waals surface area contributed by atoms with Gasteiger partial charge in [0.1, 0.15) is 5.75 Å². The van der Waals surface area contributed by atoms with Crippen LogP contribution in [-0.2, 0) is 6.42 Å². The molecule has 0 radical (unpaired) electrons. The van der Waals surface area contributed by atoms with Crippen molar-refractivity contribution in [1.29, 1.82) is 0 Å². The van der Waals surface area contributed by atoms with Crippen molar-refractivity contribution in [1.82, 2.24) is 0 Å². The van der Waals surface area contributed by atoms with Gasteiger partial charge in [-0.3, -0.25) is 0 Å². The van der Waals surface area contributed by atoms with Crippen LogP contribution in [0.15, 0.2) is 40.2 Å². The van der Waals surface area contributed by atoms with Crippen molar-refractivity contribution in [2.75, 3.05) is 6.61 Å². The van der Waals surface area contributed by atoms with E-state index in [2.05, 4.69) is 27.4 Å². The Morgan fingerprint density at radius 3 is 2.61 bits per heavy atom. The highest BCUT2D eigenvalue weighted by atomic mass is 79.9. The highest BCUT2D eigenvalue weighted by Crippen LogP contribution is 2.25. The lowest BCUT2D eigenvalue weighted by molar-refractivity contribution is 0.340. The van der Waals surface area contributed by atoms with Gasteiger partial charge in [-0.25, -0.2) is 0 Å². The summed E-state index contributed by atoms with van der Waals surface area (Å²) in [4.78, 5) is 1.29. The van der Waals surface area contributed by atoms with Crippen LogP contribution in [0.3, 0.4) is 0 Å². The van der Waals surface area contributed by atoms with Crippen LogP contribution in [0.25, 0.3) is 0 Å². The number of hydrogen-bond donors (Lipinski definition) is 1. The van der Waals surface area contributed by atoms with E-state index in [-0.39, 0.29) is 6.04 Å². The van der Waals surface area contributed by atoms with Gasteiger partial charge in [0.05, 0.1) is 6.61 Å². The second-order valence-corrected chi connectivity index (χ2v) is 5.96.